The summed E-state index contributed by atoms with van der Waals surface area (Å²) in [6.07, 6.45) is -16.1. The van der Waals surface area contributed by atoms with E-state index >= 15 is 0 Å². The molecule has 0 amide bonds. The summed E-state index contributed by atoms with van der Waals surface area (Å²) in [5.41, 5.74) is 0. The second-order valence-electron chi connectivity index (χ2n) is 3.60. The van der Waals surface area contributed by atoms with Crippen LogP contribution < -0.4 is 0 Å². The van der Waals surface area contributed by atoms with Crippen LogP contribution in [0.2, 0.25) is 0 Å². The van der Waals surface area contributed by atoms with Gasteiger partial charge >= 0.3 is 24.2 Å². The Morgan fingerprint density at radius 2 is 1.10 bits per heavy atom. The Morgan fingerprint density at radius 1 is 0.700 bits per heavy atom. The van der Waals surface area contributed by atoms with Crippen molar-refractivity contribution in [2.24, 2.45) is 0 Å². The van der Waals surface area contributed by atoms with Crippen LogP contribution in [0.25, 0.3) is 0 Å². The van der Waals surface area contributed by atoms with E-state index < -0.39 is 43.1 Å². The van der Waals surface area contributed by atoms with E-state index in [1.807, 2.05) is 0 Å². The van der Waals surface area contributed by atoms with Crippen molar-refractivity contribution in [2.75, 3.05) is 6.61 Å². The SMILES string of the molecule is CCOC(F)(CC(F)(F)F)C(F)(F)C(F)(F)C(F)(F)F. The van der Waals surface area contributed by atoms with Crippen LogP contribution in [0.15, 0.2) is 0 Å². The van der Waals surface area contributed by atoms with E-state index in [-0.39, 0.29) is 0 Å². The van der Waals surface area contributed by atoms with E-state index in [0.29, 0.717) is 6.92 Å². The number of ether oxygens (including phenoxy) is 1. The zero-order valence-corrected chi connectivity index (χ0v) is 9.48. The molecule has 1 unspecified atom stereocenters. The van der Waals surface area contributed by atoms with E-state index in [1.165, 1.54) is 0 Å². The normalized spacial score (nSPS) is 18.0. The van der Waals surface area contributed by atoms with Crippen molar-refractivity contribution in [3.63, 3.8) is 0 Å². The number of hydrogen-bond donors (Lipinski definition) is 0. The lowest BCUT2D eigenvalue weighted by Crippen LogP contribution is -2.64. The minimum atomic E-state index is -7.05. The maximum absolute atomic E-state index is 13.4. The summed E-state index contributed by atoms with van der Waals surface area (Å²) in [7, 11) is 0. The van der Waals surface area contributed by atoms with Gasteiger partial charge in [0.15, 0.2) is 0 Å². The lowest BCUT2D eigenvalue weighted by atomic mass is 9.99. The topological polar surface area (TPSA) is 9.23 Å². The molecule has 0 aliphatic carbocycles. The molecule has 0 aliphatic rings. The van der Waals surface area contributed by atoms with Crippen LogP contribution in [0, 0.1) is 0 Å². The first-order valence-corrected chi connectivity index (χ1v) is 4.74. The molecule has 0 fully saturated rings. The van der Waals surface area contributed by atoms with Crippen molar-refractivity contribution < 1.29 is 53.0 Å². The van der Waals surface area contributed by atoms with Gasteiger partial charge in [0.1, 0.15) is 6.42 Å². The lowest BCUT2D eigenvalue weighted by Gasteiger charge is -2.38. The summed E-state index contributed by atoms with van der Waals surface area (Å²) in [5.74, 6) is -19.4. The molecular weight excluding hydrogens is 321 g/mol. The highest BCUT2D eigenvalue weighted by molar-refractivity contribution is 5.01. The van der Waals surface area contributed by atoms with Crippen LogP contribution in [0.4, 0.5) is 48.3 Å². The third-order valence-corrected chi connectivity index (χ3v) is 2.02. The summed E-state index contributed by atoms with van der Waals surface area (Å²) >= 11 is 0. The van der Waals surface area contributed by atoms with Crippen LogP contribution in [-0.4, -0.2) is 36.7 Å². The molecule has 0 rings (SSSR count). The molecule has 0 N–H and O–H groups in total. The van der Waals surface area contributed by atoms with Gasteiger partial charge in [-0.3, -0.25) is 0 Å². The van der Waals surface area contributed by atoms with Crippen molar-refractivity contribution in [2.45, 2.75) is 43.4 Å². The Hall–Kier alpha value is -0.810. The number of rotatable bonds is 5. The molecule has 0 saturated carbocycles. The molecule has 12 heteroatoms. The van der Waals surface area contributed by atoms with E-state index in [4.69, 9.17) is 0 Å². The van der Waals surface area contributed by atoms with Crippen molar-refractivity contribution in [1.29, 1.82) is 0 Å². The third-order valence-electron chi connectivity index (χ3n) is 2.02. The van der Waals surface area contributed by atoms with Crippen molar-refractivity contribution in [3.05, 3.63) is 0 Å². The van der Waals surface area contributed by atoms with Crippen LogP contribution in [0.1, 0.15) is 13.3 Å². The predicted molar refractivity (Wildman–Crippen MR) is 42.1 cm³/mol. The fourth-order valence-corrected chi connectivity index (χ4v) is 1.15. The van der Waals surface area contributed by atoms with Crippen LogP contribution in [-0.2, 0) is 4.74 Å². The van der Waals surface area contributed by atoms with Crippen LogP contribution in [0.3, 0.4) is 0 Å². The molecule has 20 heavy (non-hydrogen) atoms. The van der Waals surface area contributed by atoms with Gasteiger partial charge in [-0.05, 0) is 6.92 Å². The minimum Gasteiger partial charge on any atom is -0.341 e. The molecule has 0 aromatic heterocycles. The largest absolute Gasteiger partial charge is 0.460 e. The molecule has 0 aromatic carbocycles. The van der Waals surface area contributed by atoms with Crippen molar-refractivity contribution in [1.82, 2.24) is 0 Å². The Kier molecular flexibility index (Phi) is 4.98. The van der Waals surface area contributed by atoms with Crippen LogP contribution >= 0.6 is 0 Å². The second-order valence-corrected chi connectivity index (χ2v) is 3.60. The Bertz CT molecular complexity index is 330. The number of halogens is 11. The Balaban J connectivity index is 5.80. The molecule has 1 nitrogen and oxygen atoms in total. The fourth-order valence-electron chi connectivity index (χ4n) is 1.15. The molecule has 1 atom stereocenters. The van der Waals surface area contributed by atoms with Crippen molar-refractivity contribution in [3.8, 4) is 0 Å². The predicted octanol–water partition coefficient (Wildman–Crippen LogP) is 4.47. The van der Waals surface area contributed by atoms with Crippen LogP contribution in [0.5, 0.6) is 0 Å². The van der Waals surface area contributed by atoms with Gasteiger partial charge in [-0.15, -0.1) is 0 Å². The summed E-state index contributed by atoms with van der Waals surface area (Å²) in [6.45, 7) is -0.636. The zero-order chi connectivity index (χ0) is 16.6. The van der Waals surface area contributed by atoms with E-state index in [2.05, 4.69) is 4.74 Å². The summed E-state index contributed by atoms with van der Waals surface area (Å²) in [4.78, 5) is 0. The molecule has 0 aliphatic heterocycles. The minimum absolute atomic E-state index is 0.645. The summed E-state index contributed by atoms with van der Waals surface area (Å²) < 4.78 is 139. The monoisotopic (exact) mass is 328 g/mol. The smallest absolute Gasteiger partial charge is 0.341 e. The Morgan fingerprint density at radius 3 is 1.35 bits per heavy atom. The maximum atomic E-state index is 13.4. The van der Waals surface area contributed by atoms with Gasteiger partial charge in [-0.1, -0.05) is 0 Å². The standard InChI is InChI=1S/C8H7F11O/c1-2-20-4(9,3-5(10,11)12)6(13,14)7(15,16)8(17,18)19/h2-3H2,1H3. The van der Waals surface area contributed by atoms with E-state index in [9.17, 15) is 48.3 Å². The van der Waals surface area contributed by atoms with E-state index in [0.717, 1.165) is 0 Å². The first-order valence-electron chi connectivity index (χ1n) is 4.74. The average Bonchev–Trinajstić information content (AvgIpc) is 2.12. The second kappa shape index (κ2) is 5.19. The average molecular weight is 328 g/mol. The molecule has 0 aromatic rings. The van der Waals surface area contributed by atoms with Gasteiger partial charge in [0.25, 0.3) is 5.85 Å². The highest BCUT2D eigenvalue weighted by Crippen LogP contribution is 2.55. The van der Waals surface area contributed by atoms with Gasteiger partial charge in [0.2, 0.25) is 0 Å². The quantitative estimate of drug-likeness (QED) is 0.677. The fraction of sp³-hybridized carbons (Fsp3) is 1.00. The molecule has 122 valence electrons. The van der Waals surface area contributed by atoms with Gasteiger partial charge in [-0.2, -0.15) is 43.9 Å². The van der Waals surface area contributed by atoms with Gasteiger partial charge in [0, 0.05) is 6.61 Å². The van der Waals surface area contributed by atoms with E-state index in [1.54, 1.807) is 0 Å². The molecule has 0 bridgehead atoms. The number of alkyl halides is 11. The molecule has 0 radical (unpaired) electrons. The first-order chi connectivity index (χ1) is 8.52. The lowest BCUT2D eigenvalue weighted by molar-refractivity contribution is -0.423. The van der Waals surface area contributed by atoms with Crippen molar-refractivity contribution >= 4 is 0 Å². The molecule has 0 saturated heterocycles. The summed E-state index contributed by atoms with van der Waals surface area (Å²) in [5, 5.41) is 0. The Labute approximate surface area is 104 Å². The van der Waals surface area contributed by atoms with Gasteiger partial charge in [0.05, 0.1) is 0 Å². The molecule has 0 heterocycles. The maximum Gasteiger partial charge on any atom is 0.460 e. The first kappa shape index (κ1) is 19.2. The summed E-state index contributed by atoms with van der Waals surface area (Å²) in [6, 6.07) is 0. The van der Waals surface area contributed by atoms with Gasteiger partial charge in [-0.25, -0.2) is 4.39 Å². The zero-order valence-electron chi connectivity index (χ0n) is 9.48. The highest BCUT2D eigenvalue weighted by Gasteiger charge is 2.82. The third kappa shape index (κ3) is 3.44. The highest BCUT2D eigenvalue weighted by atomic mass is 19.4. The van der Waals surface area contributed by atoms with Gasteiger partial charge < -0.3 is 4.74 Å². The molecular formula is C8H7F11O. The number of hydrogen-bond acceptors (Lipinski definition) is 1. The molecule has 0 spiro atoms.